The summed E-state index contributed by atoms with van der Waals surface area (Å²) < 4.78 is 73.7. The van der Waals surface area contributed by atoms with E-state index in [4.69, 9.17) is 4.52 Å². The van der Waals surface area contributed by atoms with Crippen LogP contribution in [0.3, 0.4) is 0 Å². The highest BCUT2D eigenvalue weighted by molar-refractivity contribution is 7.92. The molecule has 0 bridgehead atoms. The van der Waals surface area contributed by atoms with Crippen LogP contribution in [0.15, 0.2) is 45.9 Å². The molecule has 0 atom stereocenters. The lowest BCUT2D eigenvalue weighted by Gasteiger charge is -2.18. The van der Waals surface area contributed by atoms with Gasteiger partial charge in [-0.3, -0.25) is 9.52 Å². The summed E-state index contributed by atoms with van der Waals surface area (Å²) in [5.41, 5.74) is -2.22. The molecule has 1 amide bonds. The Morgan fingerprint density at radius 1 is 1.09 bits per heavy atom. The maximum Gasteiger partial charge on any atom is 0.418 e. The predicted molar refractivity (Wildman–Crippen MR) is 114 cm³/mol. The molecule has 0 aliphatic rings. The number of aromatic nitrogens is 1. The molecule has 0 unspecified atom stereocenters. The van der Waals surface area contributed by atoms with Crippen LogP contribution >= 0.6 is 0 Å². The van der Waals surface area contributed by atoms with Gasteiger partial charge >= 0.3 is 12.1 Å². The first-order valence-electron chi connectivity index (χ1n) is 9.52. The van der Waals surface area contributed by atoms with E-state index in [0.717, 1.165) is 24.4 Å². The molecule has 1 heterocycles. The Morgan fingerprint density at radius 2 is 1.76 bits per heavy atom. The summed E-state index contributed by atoms with van der Waals surface area (Å²) in [5.74, 6) is -2.00. The van der Waals surface area contributed by atoms with Gasteiger partial charge in [0.05, 0.1) is 27.9 Å². The second-order valence-corrected chi connectivity index (χ2v) is 8.99. The lowest BCUT2D eigenvalue weighted by atomic mass is 10.1. The molecule has 1 aromatic heterocycles. The van der Waals surface area contributed by atoms with Crippen molar-refractivity contribution in [2.75, 3.05) is 10.0 Å². The van der Waals surface area contributed by atoms with Crippen LogP contribution in [0.25, 0.3) is 0 Å². The van der Waals surface area contributed by atoms with E-state index in [9.17, 15) is 36.3 Å². The number of alkyl halides is 3. The average molecular weight is 497 g/mol. The molecule has 3 rings (SSSR count). The number of aromatic carboxylic acids is 1. The summed E-state index contributed by atoms with van der Waals surface area (Å²) in [4.78, 5) is 23.1. The number of hydrogen-bond donors (Lipinski definition) is 3. The van der Waals surface area contributed by atoms with E-state index >= 15 is 0 Å². The molecule has 2 aromatic carbocycles. The molecule has 3 aromatic rings. The highest BCUT2D eigenvalue weighted by Gasteiger charge is 2.35. The first kappa shape index (κ1) is 24.8. The number of carbonyl (C=O) groups is 2. The second-order valence-electron chi connectivity index (χ2n) is 7.33. The number of sulfonamides is 1. The SMILES string of the molecule is Cc1cc(C(=O)O)cc(S(=O)(=O)Nc2ccc(NC(=O)c3cnoc3C)cc2C(F)(F)F)c1C. The Hall–Kier alpha value is -3.87. The molecule has 3 N–H and O–H groups in total. The van der Waals surface area contributed by atoms with Gasteiger partial charge in [-0.1, -0.05) is 5.16 Å². The zero-order valence-electron chi connectivity index (χ0n) is 17.9. The first-order valence-corrected chi connectivity index (χ1v) is 11.0. The molecular weight excluding hydrogens is 479 g/mol. The maximum atomic E-state index is 13.7. The minimum atomic E-state index is -4.99. The smallest absolute Gasteiger partial charge is 0.418 e. The normalized spacial score (nSPS) is 11.8. The van der Waals surface area contributed by atoms with Crippen LogP contribution in [-0.4, -0.2) is 30.6 Å². The minimum absolute atomic E-state index is 0.0162. The van der Waals surface area contributed by atoms with Crippen LogP contribution in [0.2, 0.25) is 0 Å². The van der Waals surface area contributed by atoms with Crippen LogP contribution in [0.1, 0.15) is 43.2 Å². The number of rotatable bonds is 6. The van der Waals surface area contributed by atoms with Gasteiger partial charge in [0.15, 0.2) is 0 Å². The third-order valence-electron chi connectivity index (χ3n) is 4.98. The number of nitrogens with one attached hydrogen (secondary N) is 2. The van der Waals surface area contributed by atoms with Gasteiger partial charge in [0.1, 0.15) is 11.3 Å². The van der Waals surface area contributed by atoms with Gasteiger partial charge in [-0.05, 0) is 62.2 Å². The van der Waals surface area contributed by atoms with Gasteiger partial charge in [-0.15, -0.1) is 0 Å². The Bertz CT molecular complexity index is 1400. The lowest BCUT2D eigenvalue weighted by molar-refractivity contribution is -0.136. The van der Waals surface area contributed by atoms with Crippen molar-refractivity contribution < 1.29 is 40.8 Å². The van der Waals surface area contributed by atoms with Crippen molar-refractivity contribution in [3.05, 3.63) is 70.1 Å². The highest BCUT2D eigenvalue weighted by Crippen LogP contribution is 2.38. The molecule has 13 heteroatoms. The van der Waals surface area contributed by atoms with Crippen LogP contribution in [0.5, 0.6) is 0 Å². The first-order chi connectivity index (χ1) is 15.7. The molecule has 9 nitrogen and oxygen atoms in total. The largest absolute Gasteiger partial charge is 0.478 e. The van der Waals surface area contributed by atoms with E-state index in [2.05, 4.69) is 10.5 Å². The predicted octanol–water partition coefficient (Wildman–Crippen LogP) is 4.37. The fraction of sp³-hybridized carbons (Fsp3) is 0.190. The van der Waals surface area contributed by atoms with Gasteiger partial charge in [0.25, 0.3) is 15.9 Å². The van der Waals surface area contributed by atoms with Crippen molar-refractivity contribution >= 4 is 33.3 Å². The third-order valence-corrected chi connectivity index (χ3v) is 6.47. The van der Waals surface area contributed by atoms with E-state index in [1.54, 1.807) is 0 Å². The molecule has 0 saturated heterocycles. The monoisotopic (exact) mass is 497 g/mol. The number of carboxylic acids is 1. The molecule has 34 heavy (non-hydrogen) atoms. The number of amides is 1. The summed E-state index contributed by atoms with van der Waals surface area (Å²) in [5, 5.41) is 14.9. The fourth-order valence-corrected chi connectivity index (χ4v) is 4.51. The van der Waals surface area contributed by atoms with E-state index in [1.807, 2.05) is 4.72 Å². The van der Waals surface area contributed by atoms with Crippen LogP contribution in [0, 0.1) is 20.8 Å². The van der Waals surface area contributed by atoms with Gasteiger partial charge in [0, 0.05) is 5.69 Å². The topological polar surface area (TPSA) is 139 Å². The van der Waals surface area contributed by atoms with Gasteiger partial charge in [0.2, 0.25) is 0 Å². The maximum absolute atomic E-state index is 13.7. The summed E-state index contributed by atoms with van der Waals surface area (Å²) in [6, 6.07) is 4.63. The summed E-state index contributed by atoms with van der Waals surface area (Å²) in [7, 11) is -4.60. The molecule has 0 fully saturated rings. The quantitative estimate of drug-likeness (QED) is 0.460. The van der Waals surface area contributed by atoms with Crippen molar-refractivity contribution in [3.63, 3.8) is 0 Å². The third kappa shape index (κ3) is 5.03. The van der Waals surface area contributed by atoms with Crippen LogP contribution in [-0.2, 0) is 16.2 Å². The standard InChI is InChI=1S/C21H18F3N3O6S/c1-10-6-13(20(29)30)7-18(11(10)2)34(31,32)27-17-5-4-14(8-16(17)21(22,23)24)26-19(28)15-9-25-33-12(15)3/h4-9,27H,1-3H3,(H,26,28)(H,29,30). The molecule has 0 saturated carbocycles. The number of carbonyl (C=O) groups excluding carboxylic acids is 1. The number of aryl methyl sites for hydroxylation is 2. The Morgan fingerprint density at radius 3 is 2.32 bits per heavy atom. The Kier molecular flexibility index (Phi) is 6.42. The highest BCUT2D eigenvalue weighted by atomic mass is 32.2. The fourth-order valence-electron chi connectivity index (χ4n) is 3.09. The molecule has 0 spiro atoms. The number of anilines is 2. The van der Waals surface area contributed by atoms with Crippen LogP contribution in [0.4, 0.5) is 24.5 Å². The van der Waals surface area contributed by atoms with Crippen molar-refractivity contribution in [1.82, 2.24) is 5.16 Å². The summed E-state index contributed by atoms with van der Waals surface area (Å²) in [6.07, 6.45) is -3.88. The van der Waals surface area contributed by atoms with Crippen molar-refractivity contribution in [2.24, 2.45) is 0 Å². The van der Waals surface area contributed by atoms with Crippen molar-refractivity contribution in [3.8, 4) is 0 Å². The van der Waals surface area contributed by atoms with E-state index in [0.29, 0.717) is 11.6 Å². The van der Waals surface area contributed by atoms with E-state index < -0.39 is 44.2 Å². The Balaban J connectivity index is 2.01. The van der Waals surface area contributed by atoms with Crippen molar-refractivity contribution in [2.45, 2.75) is 31.8 Å². The van der Waals surface area contributed by atoms with Crippen LogP contribution < -0.4 is 10.0 Å². The Labute approximate surface area is 191 Å². The van der Waals surface area contributed by atoms with E-state index in [-0.39, 0.29) is 28.1 Å². The second kappa shape index (κ2) is 8.82. The molecule has 0 aliphatic heterocycles. The molecular formula is C21H18F3N3O6S. The minimum Gasteiger partial charge on any atom is -0.478 e. The van der Waals surface area contributed by atoms with Gasteiger partial charge in [-0.25, -0.2) is 13.2 Å². The zero-order chi connectivity index (χ0) is 25.4. The number of halogens is 3. The molecule has 0 aliphatic carbocycles. The van der Waals surface area contributed by atoms with E-state index in [1.165, 1.54) is 26.8 Å². The zero-order valence-corrected chi connectivity index (χ0v) is 18.8. The number of benzene rings is 2. The summed E-state index contributed by atoms with van der Waals surface area (Å²) >= 11 is 0. The number of carboxylic acid groups (broad SMARTS) is 1. The lowest BCUT2D eigenvalue weighted by Crippen LogP contribution is -2.20. The number of hydrogen-bond acceptors (Lipinski definition) is 6. The number of nitrogens with zero attached hydrogens (tertiary/aromatic N) is 1. The van der Waals surface area contributed by atoms with Gasteiger partial charge in [-0.2, -0.15) is 13.2 Å². The average Bonchev–Trinajstić information content (AvgIpc) is 3.15. The van der Waals surface area contributed by atoms with Gasteiger partial charge < -0.3 is 14.9 Å². The molecule has 180 valence electrons. The van der Waals surface area contributed by atoms with Crippen molar-refractivity contribution in [1.29, 1.82) is 0 Å². The molecule has 0 radical (unpaired) electrons. The summed E-state index contributed by atoms with van der Waals surface area (Å²) in [6.45, 7) is 4.34.